The zero-order valence-electron chi connectivity index (χ0n) is 9.47. The quantitative estimate of drug-likeness (QED) is 0.801. The standard InChI is InChI=1S/C10H17F3N2O/c1-3-15(5-4-10(11,12)13)9(16)14-8-6-7(8)2/h7-8H,3-6H2,1-2H3,(H,14,16)/t7-,8+/m1/s1. The predicted octanol–water partition coefficient (Wildman–Crippen LogP) is 2.38. The number of hydrogen-bond donors (Lipinski definition) is 1. The Balaban J connectivity index is 2.32. The molecule has 0 aliphatic heterocycles. The van der Waals surface area contributed by atoms with Crippen LogP contribution in [0.4, 0.5) is 18.0 Å². The molecule has 0 radical (unpaired) electrons. The Hall–Kier alpha value is -0.940. The highest BCUT2D eigenvalue weighted by Gasteiger charge is 2.35. The van der Waals surface area contributed by atoms with Gasteiger partial charge in [0.2, 0.25) is 0 Å². The Bertz CT molecular complexity index is 255. The summed E-state index contributed by atoms with van der Waals surface area (Å²) in [7, 11) is 0. The SMILES string of the molecule is CCN(CCC(F)(F)F)C(=O)N[C@H]1C[C@H]1C. The van der Waals surface area contributed by atoms with Crippen LogP contribution in [0.1, 0.15) is 26.7 Å². The van der Waals surface area contributed by atoms with Crippen LogP contribution in [0.25, 0.3) is 0 Å². The van der Waals surface area contributed by atoms with Crippen molar-refractivity contribution in [3.05, 3.63) is 0 Å². The summed E-state index contributed by atoms with van der Waals surface area (Å²) in [5, 5.41) is 2.71. The molecule has 0 aromatic carbocycles. The van der Waals surface area contributed by atoms with Crippen LogP contribution >= 0.6 is 0 Å². The van der Waals surface area contributed by atoms with Gasteiger partial charge in [-0.2, -0.15) is 13.2 Å². The number of nitrogens with zero attached hydrogens (tertiary/aromatic N) is 1. The number of amides is 2. The molecule has 6 heteroatoms. The van der Waals surface area contributed by atoms with E-state index in [4.69, 9.17) is 0 Å². The van der Waals surface area contributed by atoms with Gasteiger partial charge in [-0.3, -0.25) is 0 Å². The van der Waals surface area contributed by atoms with E-state index in [0.717, 1.165) is 6.42 Å². The van der Waals surface area contributed by atoms with Gasteiger partial charge < -0.3 is 10.2 Å². The Labute approximate surface area is 93.0 Å². The first kappa shape index (κ1) is 13.1. The monoisotopic (exact) mass is 238 g/mol. The summed E-state index contributed by atoms with van der Waals surface area (Å²) >= 11 is 0. The molecule has 1 rings (SSSR count). The highest BCUT2D eigenvalue weighted by atomic mass is 19.4. The third-order valence-corrected chi connectivity index (χ3v) is 2.75. The summed E-state index contributed by atoms with van der Waals surface area (Å²) < 4.78 is 36.0. The molecule has 1 N–H and O–H groups in total. The molecule has 1 aliphatic rings. The van der Waals surface area contributed by atoms with E-state index >= 15 is 0 Å². The van der Waals surface area contributed by atoms with Gasteiger partial charge in [0.1, 0.15) is 0 Å². The summed E-state index contributed by atoms with van der Waals surface area (Å²) in [6.45, 7) is 3.69. The van der Waals surface area contributed by atoms with Crippen molar-refractivity contribution in [2.45, 2.75) is 38.9 Å². The van der Waals surface area contributed by atoms with Gasteiger partial charge in [-0.25, -0.2) is 4.79 Å². The zero-order chi connectivity index (χ0) is 12.3. The molecule has 0 aromatic rings. The molecule has 94 valence electrons. The van der Waals surface area contributed by atoms with Gasteiger partial charge in [0.05, 0.1) is 6.42 Å². The van der Waals surface area contributed by atoms with Crippen LogP contribution in [0.3, 0.4) is 0 Å². The fourth-order valence-electron chi connectivity index (χ4n) is 1.44. The molecule has 0 heterocycles. The Morgan fingerprint density at radius 2 is 2.06 bits per heavy atom. The first-order valence-corrected chi connectivity index (χ1v) is 5.45. The van der Waals surface area contributed by atoms with E-state index in [0.29, 0.717) is 12.5 Å². The van der Waals surface area contributed by atoms with Crippen molar-refractivity contribution >= 4 is 6.03 Å². The molecule has 1 saturated carbocycles. The number of alkyl halides is 3. The number of hydrogen-bond acceptors (Lipinski definition) is 1. The summed E-state index contributed by atoms with van der Waals surface area (Å²) in [5.41, 5.74) is 0. The van der Waals surface area contributed by atoms with Crippen molar-refractivity contribution in [2.24, 2.45) is 5.92 Å². The molecule has 2 amide bonds. The van der Waals surface area contributed by atoms with E-state index in [2.05, 4.69) is 5.32 Å². The number of rotatable bonds is 4. The maximum atomic E-state index is 12.0. The lowest BCUT2D eigenvalue weighted by atomic mass is 10.4. The molecule has 0 aromatic heterocycles. The van der Waals surface area contributed by atoms with E-state index in [-0.39, 0.29) is 18.6 Å². The van der Waals surface area contributed by atoms with Crippen LogP contribution in [-0.2, 0) is 0 Å². The Kier molecular flexibility index (Phi) is 4.04. The van der Waals surface area contributed by atoms with Crippen LogP contribution in [0.15, 0.2) is 0 Å². The van der Waals surface area contributed by atoms with Crippen LogP contribution < -0.4 is 5.32 Å². The van der Waals surface area contributed by atoms with Crippen molar-refractivity contribution in [1.29, 1.82) is 0 Å². The molecule has 1 aliphatic carbocycles. The molecule has 3 nitrogen and oxygen atoms in total. The van der Waals surface area contributed by atoms with Gasteiger partial charge in [-0.1, -0.05) is 6.92 Å². The number of urea groups is 1. The Morgan fingerprint density at radius 1 is 1.50 bits per heavy atom. The van der Waals surface area contributed by atoms with E-state index in [1.807, 2.05) is 6.92 Å². The molecule has 0 bridgehead atoms. The van der Waals surface area contributed by atoms with Crippen LogP contribution in [0.5, 0.6) is 0 Å². The molecule has 0 spiro atoms. The van der Waals surface area contributed by atoms with Gasteiger partial charge in [-0.15, -0.1) is 0 Å². The molecular formula is C10H17F3N2O. The van der Waals surface area contributed by atoms with Crippen molar-refractivity contribution in [3.63, 3.8) is 0 Å². The average Bonchev–Trinajstić information content (AvgIpc) is 2.80. The van der Waals surface area contributed by atoms with Gasteiger partial charge in [0.25, 0.3) is 0 Å². The minimum atomic E-state index is -4.21. The van der Waals surface area contributed by atoms with Crippen LogP contribution in [0.2, 0.25) is 0 Å². The van der Waals surface area contributed by atoms with Gasteiger partial charge >= 0.3 is 12.2 Å². The highest BCUT2D eigenvalue weighted by Crippen LogP contribution is 2.29. The molecule has 0 saturated heterocycles. The first-order valence-electron chi connectivity index (χ1n) is 5.45. The third kappa shape index (κ3) is 4.28. The summed E-state index contributed by atoms with van der Waals surface area (Å²) in [6, 6.07) is -0.242. The van der Waals surface area contributed by atoms with Crippen LogP contribution in [0, 0.1) is 5.92 Å². The van der Waals surface area contributed by atoms with E-state index in [1.165, 1.54) is 4.90 Å². The normalized spacial score (nSPS) is 24.1. The van der Waals surface area contributed by atoms with Crippen molar-refractivity contribution in [3.8, 4) is 0 Å². The molecule has 0 unspecified atom stereocenters. The fourth-order valence-corrected chi connectivity index (χ4v) is 1.44. The third-order valence-electron chi connectivity index (χ3n) is 2.75. The topological polar surface area (TPSA) is 32.3 Å². The fraction of sp³-hybridized carbons (Fsp3) is 0.900. The van der Waals surface area contributed by atoms with Crippen molar-refractivity contribution in [1.82, 2.24) is 10.2 Å². The number of nitrogens with one attached hydrogen (secondary N) is 1. The lowest BCUT2D eigenvalue weighted by Crippen LogP contribution is -2.42. The molecular weight excluding hydrogens is 221 g/mol. The molecule has 1 fully saturated rings. The average molecular weight is 238 g/mol. The predicted molar refractivity (Wildman–Crippen MR) is 54.0 cm³/mol. The molecule has 2 atom stereocenters. The second kappa shape index (κ2) is 4.93. The first-order chi connectivity index (χ1) is 7.33. The number of halogens is 3. The summed E-state index contributed by atoms with van der Waals surface area (Å²) in [4.78, 5) is 12.7. The number of carbonyl (C=O) groups is 1. The minimum absolute atomic E-state index is 0.146. The highest BCUT2D eigenvalue weighted by molar-refractivity contribution is 5.74. The van der Waals surface area contributed by atoms with Crippen LogP contribution in [-0.4, -0.2) is 36.2 Å². The van der Waals surface area contributed by atoms with E-state index < -0.39 is 12.6 Å². The second-order valence-corrected chi connectivity index (χ2v) is 4.21. The van der Waals surface area contributed by atoms with Gasteiger partial charge in [-0.05, 0) is 19.3 Å². The van der Waals surface area contributed by atoms with Crippen molar-refractivity contribution in [2.75, 3.05) is 13.1 Å². The van der Waals surface area contributed by atoms with E-state index in [1.54, 1.807) is 6.92 Å². The lowest BCUT2D eigenvalue weighted by molar-refractivity contribution is -0.136. The maximum Gasteiger partial charge on any atom is 0.390 e. The smallest absolute Gasteiger partial charge is 0.335 e. The number of carbonyl (C=O) groups excluding carboxylic acids is 1. The largest absolute Gasteiger partial charge is 0.390 e. The Morgan fingerprint density at radius 3 is 2.44 bits per heavy atom. The lowest BCUT2D eigenvalue weighted by Gasteiger charge is -2.22. The van der Waals surface area contributed by atoms with E-state index in [9.17, 15) is 18.0 Å². The maximum absolute atomic E-state index is 12.0. The van der Waals surface area contributed by atoms with Crippen molar-refractivity contribution < 1.29 is 18.0 Å². The van der Waals surface area contributed by atoms with Gasteiger partial charge in [0.15, 0.2) is 0 Å². The minimum Gasteiger partial charge on any atom is -0.335 e. The zero-order valence-corrected chi connectivity index (χ0v) is 9.47. The molecule has 16 heavy (non-hydrogen) atoms. The second-order valence-electron chi connectivity index (χ2n) is 4.21. The summed E-state index contributed by atoms with van der Waals surface area (Å²) in [6.07, 6.45) is -4.24. The summed E-state index contributed by atoms with van der Waals surface area (Å²) in [5.74, 6) is 0.449. The van der Waals surface area contributed by atoms with Gasteiger partial charge in [0, 0.05) is 19.1 Å².